The predicted octanol–water partition coefficient (Wildman–Crippen LogP) is 2.07. The Morgan fingerprint density at radius 1 is 1.42 bits per heavy atom. The van der Waals surface area contributed by atoms with Gasteiger partial charge in [-0.25, -0.2) is 0 Å². The van der Waals surface area contributed by atoms with E-state index in [2.05, 4.69) is 15.6 Å². The van der Waals surface area contributed by atoms with E-state index >= 15 is 0 Å². The molecule has 2 aromatic heterocycles. The van der Waals surface area contributed by atoms with Gasteiger partial charge in [-0.1, -0.05) is 12.1 Å². The van der Waals surface area contributed by atoms with Crippen molar-refractivity contribution in [3.8, 4) is 0 Å². The van der Waals surface area contributed by atoms with Crippen molar-refractivity contribution < 1.29 is 9.32 Å². The Labute approximate surface area is 111 Å². The Bertz CT molecular complexity index is 585. The van der Waals surface area contributed by atoms with Crippen LogP contribution in [0.15, 0.2) is 16.7 Å². The SMILES string of the molecule is Cc1cc(C)n(CC(C)C(=O)Nc2cc(C)on2)n1. The zero-order valence-corrected chi connectivity index (χ0v) is 11.6. The lowest BCUT2D eigenvalue weighted by molar-refractivity contribution is -0.119. The van der Waals surface area contributed by atoms with Gasteiger partial charge in [0, 0.05) is 11.8 Å². The summed E-state index contributed by atoms with van der Waals surface area (Å²) in [6, 6.07) is 3.68. The minimum absolute atomic E-state index is 0.0964. The average Bonchev–Trinajstić information content (AvgIpc) is 2.85. The fourth-order valence-electron chi connectivity index (χ4n) is 1.88. The summed E-state index contributed by atoms with van der Waals surface area (Å²) < 4.78 is 6.74. The van der Waals surface area contributed by atoms with Gasteiger partial charge in [0.1, 0.15) is 5.76 Å². The topological polar surface area (TPSA) is 73.0 Å². The van der Waals surface area contributed by atoms with Crippen LogP contribution in [0.3, 0.4) is 0 Å². The van der Waals surface area contributed by atoms with Gasteiger partial charge >= 0.3 is 0 Å². The van der Waals surface area contributed by atoms with Crippen LogP contribution < -0.4 is 5.32 Å². The third kappa shape index (κ3) is 3.21. The molecule has 0 bridgehead atoms. The van der Waals surface area contributed by atoms with E-state index in [4.69, 9.17) is 4.52 Å². The van der Waals surface area contributed by atoms with Crippen molar-refractivity contribution in [3.05, 3.63) is 29.3 Å². The van der Waals surface area contributed by atoms with Crippen LogP contribution >= 0.6 is 0 Å². The molecular formula is C13H18N4O2. The fraction of sp³-hybridized carbons (Fsp3) is 0.462. The number of hydrogen-bond donors (Lipinski definition) is 1. The van der Waals surface area contributed by atoms with E-state index in [0.29, 0.717) is 18.1 Å². The number of nitrogens with zero attached hydrogens (tertiary/aromatic N) is 3. The maximum atomic E-state index is 12.0. The van der Waals surface area contributed by atoms with Crippen LogP contribution in [0.4, 0.5) is 5.82 Å². The van der Waals surface area contributed by atoms with Crippen molar-refractivity contribution >= 4 is 11.7 Å². The number of rotatable bonds is 4. The summed E-state index contributed by atoms with van der Waals surface area (Å²) in [6.07, 6.45) is 0. The summed E-state index contributed by atoms with van der Waals surface area (Å²) in [6.45, 7) is 8.10. The number of carbonyl (C=O) groups excluding carboxylic acids is 1. The fourth-order valence-corrected chi connectivity index (χ4v) is 1.88. The summed E-state index contributed by atoms with van der Waals surface area (Å²) in [4.78, 5) is 12.0. The molecule has 0 saturated heterocycles. The van der Waals surface area contributed by atoms with Crippen molar-refractivity contribution in [2.45, 2.75) is 34.2 Å². The highest BCUT2D eigenvalue weighted by Crippen LogP contribution is 2.11. The van der Waals surface area contributed by atoms with Crippen molar-refractivity contribution in [2.75, 3.05) is 5.32 Å². The second-order valence-corrected chi connectivity index (χ2v) is 4.82. The van der Waals surface area contributed by atoms with E-state index < -0.39 is 0 Å². The van der Waals surface area contributed by atoms with E-state index in [1.54, 1.807) is 13.0 Å². The van der Waals surface area contributed by atoms with E-state index in [0.717, 1.165) is 11.4 Å². The predicted molar refractivity (Wildman–Crippen MR) is 70.7 cm³/mol. The molecule has 0 aliphatic carbocycles. The van der Waals surface area contributed by atoms with E-state index in [9.17, 15) is 4.79 Å². The minimum atomic E-state index is -0.199. The van der Waals surface area contributed by atoms with Gasteiger partial charge in [0.15, 0.2) is 5.82 Å². The van der Waals surface area contributed by atoms with Crippen LogP contribution in [0, 0.1) is 26.7 Å². The van der Waals surface area contributed by atoms with Gasteiger partial charge in [-0.05, 0) is 26.8 Å². The van der Waals surface area contributed by atoms with Gasteiger partial charge in [0.05, 0.1) is 18.2 Å². The second kappa shape index (κ2) is 5.26. The highest BCUT2D eigenvalue weighted by molar-refractivity contribution is 5.91. The lowest BCUT2D eigenvalue weighted by Gasteiger charge is -2.11. The first-order valence-corrected chi connectivity index (χ1v) is 6.21. The molecule has 1 amide bonds. The highest BCUT2D eigenvalue weighted by Gasteiger charge is 2.16. The van der Waals surface area contributed by atoms with Gasteiger partial charge in [-0.15, -0.1) is 0 Å². The Kier molecular flexibility index (Phi) is 3.69. The second-order valence-electron chi connectivity index (χ2n) is 4.82. The Morgan fingerprint density at radius 2 is 2.16 bits per heavy atom. The smallest absolute Gasteiger partial charge is 0.230 e. The zero-order valence-electron chi connectivity index (χ0n) is 11.6. The van der Waals surface area contributed by atoms with Gasteiger partial charge in [0.2, 0.25) is 5.91 Å². The number of aromatic nitrogens is 3. The number of carbonyl (C=O) groups is 1. The highest BCUT2D eigenvalue weighted by atomic mass is 16.5. The molecule has 0 radical (unpaired) electrons. The number of hydrogen-bond acceptors (Lipinski definition) is 4. The van der Waals surface area contributed by atoms with E-state index in [1.807, 2.05) is 31.5 Å². The lowest BCUT2D eigenvalue weighted by Crippen LogP contribution is -2.25. The number of amides is 1. The molecule has 2 aromatic rings. The summed E-state index contributed by atoms with van der Waals surface area (Å²) in [5, 5.41) is 10.8. The minimum Gasteiger partial charge on any atom is -0.360 e. The van der Waals surface area contributed by atoms with Crippen LogP contribution in [-0.4, -0.2) is 20.8 Å². The molecule has 1 unspecified atom stereocenters. The van der Waals surface area contributed by atoms with E-state index in [1.165, 1.54) is 0 Å². The summed E-state index contributed by atoms with van der Waals surface area (Å²) in [5.41, 5.74) is 2.01. The standard InChI is InChI=1S/C13H18N4O2/c1-8(7-17-10(3)5-9(2)15-17)13(18)14-12-6-11(4)19-16-12/h5-6,8H,7H2,1-4H3,(H,14,16,18). The first-order valence-electron chi connectivity index (χ1n) is 6.21. The first-order chi connectivity index (χ1) is 8.95. The molecule has 0 aliphatic heterocycles. The van der Waals surface area contributed by atoms with Crippen LogP contribution in [0.5, 0.6) is 0 Å². The molecule has 1 atom stereocenters. The number of nitrogens with one attached hydrogen (secondary N) is 1. The molecule has 0 fully saturated rings. The van der Waals surface area contributed by atoms with E-state index in [-0.39, 0.29) is 11.8 Å². The maximum Gasteiger partial charge on any atom is 0.230 e. The van der Waals surface area contributed by atoms with Gasteiger partial charge in [-0.2, -0.15) is 5.10 Å². The van der Waals surface area contributed by atoms with Crippen LogP contribution in [-0.2, 0) is 11.3 Å². The van der Waals surface area contributed by atoms with Crippen molar-refractivity contribution in [1.29, 1.82) is 0 Å². The van der Waals surface area contributed by atoms with Crippen LogP contribution in [0.2, 0.25) is 0 Å². The summed E-state index contributed by atoms with van der Waals surface area (Å²) in [7, 11) is 0. The molecule has 0 aromatic carbocycles. The zero-order chi connectivity index (χ0) is 14.0. The van der Waals surface area contributed by atoms with Crippen molar-refractivity contribution in [1.82, 2.24) is 14.9 Å². The number of aryl methyl sites for hydroxylation is 3. The molecule has 0 spiro atoms. The van der Waals surface area contributed by atoms with Gasteiger partial charge in [-0.3, -0.25) is 9.48 Å². The molecular weight excluding hydrogens is 244 g/mol. The third-order valence-corrected chi connectivity index (χ3v) is 2.88. The Morgan fingerprint density at radius 3 is 2.68 bits per heavy atom. The molecule has 6 nitrogen and oxygen atoms in total. The lowest BCUT2D eigenvalue weighted by atomic mass is 10.1. The van der Waals surface area contributed by atoms with Crippen molar-refractivity contribution in [3.63, 3.8) is 0 Å². The molecule has 102 valence electrons. The van der Waals surface area contributed by atoms with Gasteiger partial charge in [0.25, 0.3) is 0 Å². The van der Waals surface area contributed by atoms with Crippen molar-refractivity contribution in [2.24, 2.45) is 5.92 Å². The molecule has 0 saturated carbocycles. The average molecular weight is 262 g/mol. The molecule has 2 heterocycles. The molecule has 0 aliphatic rings. The number of anilines is 1. The Balaban J connectivity index is 1.97. The summed E-state index contributed by atoms with van der Waals surface area (Å²) in [5.74, 6) is 0.820. The third-order valence-electron chi connectivity index (χ3n) is 2.88. The summed E-state index contributed by atoms with van der Waals surface area (Å²) >= 11 is 0. The maximum absolute atomic E-state index is 12.0. The quantitative estimate of drug-likeness (QED) is 0.915. The molecule has 19 heavy (non-hydrogen) atoms. The Hall–Kier alpha value is -2.11. The van der Waals surface area contributed by atoms with Crippen LogP contribution in [0.1, 0.15) is 24.1 Å². The monoisotopic (exact) mass is 262 g/mol. The normalized spacial score (nSPS) is 12.4. The van der Waals surface area contributed by atoms with Crippen LogP contribution in [0.25, 0.3) is 0 Å². The molecule has 2 rings (SSSR count). The molecule has 1 N–H and O–H groups in total. The largest absolute Gasteiger partial charge is 0.360 e. The first kappa shape index (κ1) is 13.3. The molecule has 6 heteroatoms. The van der Waals surface area contributed by atoms with Gasteiger partial charge < -0.3 is 9.84 Å².